The number of piperidine rings is 1. The second-order valence-electron chi connectivity index (χ2n) is 6.33. The van der Waals surface area contributed by atoms with Crippen LogP contribution in [0.4, 0.5) is 4.39 Å². The van der Waals surface area contributed by atoms with E-state index in [1.54, 1.807) is 6.07 Å². The van der Waals surface area contributed by atoms with Crippen LogP contribution in [0.2, 0.25) is 0 Å². The van der Waals surface area contributed by atoms with Crippen LogP contribution in [0.3, 0.4) is 0 Å². The zero-order valence-electron chi connectivity index (χ0n) is 13.0. The average Bonchev–Trinajstić information content (AvgIpc) is 2.48. The fraction of sp³-hybridized carbons (Fsp3) is 0.647. The lowest BCUT2D eigenvalue weighted by atomic mass is 9.77. The number of benzene rings is 1. The summed E-state index contributed by atoms with van der Waals surface area (Å²) < 4.78 is 13.1. The van der Waals surface area contributed by atoms with Gasteiger partial charge in [-0.25, -0.2) is 4.39 Å². The molecular weight excluding hydrogens is 269 g/mol. The summed E-state index contributed by atoms with van der Waals surface area (Å²) in [5.41, 5.74) is 1.65. The Balaban J connectivity index is 1.94. The van der Waals surface area contributed by atoms with Gasteiger partial charge in [-0.3, -0.25) is 0 Å². The van der Waals surface area contributed by atoms with E-state index in [0.717, 1.165) is 43.5 Å². The number of nitrogens with zero attached hydrogens (tertiary/aromatic N) is 1. The predicted molar refractivity (Wildman–Crippen MR) is 81.6 cm³/mol. The number of rotatable bonds is 5. The van der Waals surface area contributed by atoms with Gasteiger partial charge < -0.3 is 15.1 Å². The molecule has 0 radical (unpaired) electrons. The van der Waals surface area contributed by atoms with Gasteiger partial charge in [0.1, 0.15) is 5.82 Å². The summed E-state index contributed by atoms with van der Waals surface area (Å²) in [7, 11) is 0. The third-order valence-electron chi connectivity index (χ3n) is 5.02. The monoisotopic (exact) mass is 295 g/mol. The van der Waals surface area contributed by atoms with Crippen molar-refractivity contribution in [2.75, 3.05) is 26.2 Å². The molecule has 1 atom stereocenters. The molecule has 1 aliphatic rings. The van der Waals surface area contributed by atoms with Crippen LogP contribution in [-0.2, 0) is 0 Å². The highest BCUT2D eigenvalue weighted by Gasteiger charge is 2.32. The smallest absolute Gasteiger partial charge is 0.123 e. The maximum absolute atomic E-state index is 13.1. The lowest BCUT2D eigenvalue weighted by Crippen LogP contribution is -2.43. The molecule has 1 saturated heterocycles. The van der Waals surface area contributed by atoms with Crippen LogP contribution in [0.15, 0.2) is 18.2 Å². The summed E-state index contributed by atoms with van der Waals surface area (Å²) in [6.07, 6.45) is 2.34. The Morgan fingerprint density at radius 2 is 2.00 bits per heavy atom. The van der Waals surface area contributed by atoms with E-state index in [0.29, 0.717) is 6.54 Å². The number of hydrogen-bond acceptors (Lipinski definition) is 3. The minimum Gasteiger partial charge on any atom is -0.396 e. The van der Waals surface area contributed by atoms with E-state index in [1.165, 1.54) is 12.1 Å². The van der Waals surface area contributed by atoms with Crippen molar-refractivity contribution < 1.29 is 14.6 Å². The first-order valence-electron chi connectivity index (χ1n) is 7.77. The van der Waals surface area contributed by atoms with Crippen molar-refractivity contribution in [3.63, 3.8) is 0 Å². The summed E-state index contributed by atoms with van der Waals surface area (Å²) in [6.45, 7) is 6.56. The van der Waals surface area contributed by atoms with E-state index in [-0.39, 0.29) is 17.8 Å². The quantitative estimate of drug-likeness (QED) is 0.877. The van der Waals surface area contributed by atoms with E-state index in [1.807, 2.05) is 6.92 Å². The Hall–Kier alpha value is -0.970. The molecule has 0 spiro atoms. The number of aryl methyl sites for hydroxylation is 1. The van der Waals surface area contributed by atoms with Gasteiger partial charge in [-0.2, -0.15) is 0 Å². The highest BCUT2D eigenvalue weighted by atomic mass is 19.1. The minimum atomic E-state index is -0.589. The van der Waals surface area contributed by atoms with E-state index < -0.39 is 6.10 Å². The molecule has 0 saturated carbocycles. The molecule has 2 rings (SSSR count). The molecule has 2 N–H and O–H groups in total. The molecule has 118 valence electrons. The number of aliphatic hydroxyl groups excluding tert-OH is 2. The molecule has 0 aliphatic carbocycles. The van der Waals surface area contributed by atoms with E-state index in [4.69, 9.17) is 0 Å². The zero-order chi connectivity index (χ0) is 15.5. The van der Waals surface area contributed by atoms with Gasteiger partial charge in [0.2, 0.25) is 0 Å². The Kier molecular flexibility index (Phi) is 5.36. The Morgan fingerprint density at radius 1 is 1.33 bits per heavy atom. The summed E-state index contributed by atoms with van der Waals surface area (Å²) in [5.74, 6) is -0.267. The van der Waals surface area contributed by atoms with Crippen molar-refractivity contribution in [2.45, 2.75) is 39.2 Å². The molecule has 1 heterocycles. The molecule has 4 heteroatoms. The van der Waals surface area contributed by atoms with Gasteiger partial charge in [-0.15, -0.1) is 0 Å². The molecule has 1 unspecified atom stereocenters. The molecule has 1 aromatic carbocycles. The first-order chi connectivity index (χ1) is 9.99. The maximum Gasteiger partial charge on any atom is 0.123 e. The van der Waals surface area contributed by atoms with Gasteiger partial charge in [-0.1, -0.05) is 13.0 Å². The van der Waals surface area contributed by atoms with Gasteiger partial charge in [0, 0.05) is 13.2 Å². The first kappa shape index (κ1) is 16.4. The fourth-order valence-corrected chi connectivity index (χ4v) is 3.19. The molecule has 0 aromatic heterocycles. The second-order valence-corrected chi connectivity index (χ2v) is 6.33. The molecule has 3 nitrogen and oxygen atoms in total. The van der Waals surface area contributed by atoms with Gasteiger partial charge in [0.15, 0.2) is 0 Å². The average molecular weight is 295 g/mol. The number of likely N-dealkylation sites (tertiary alicyclic amines) is 1. The number of hydrogen-bond donors (Lipinski definition) is 2. The summed E-state index contributed by atoms with van der Waals surface area (Å²) in [4.78, 5) is 2.23. The van der Waals surface area contributed by atoms with Crippen LogP contribution in [0.5, 0.6) is 0 Å². The maximum atomic E-state index is 13.1. The Bertz CT molecular complexity index is 464. The third kappa shape index (κ3) is 3.82. The van der Waals surface area contributed by atoms with Crippen molar-refractivity contribution in [1.29, 1.82) is 0 Å². The molecule has 21 heavy (non-hydrogen) atoms. The predicted octanol–water partition coefficient (Wildman–Crippen LogP) is 2.65. The summed E-state index contributed by atoms with van der Waals surface area (Å²) in [5, 5.41) is 19.9. The van der Waals surface area contributed by atoms with Crippen molar-refractivity contribution >= 4 is 0 Å². The largest absolute Gasteiger partial charge is 0.396 e. The summed E-state index contributed by atoms with van der Waals surface area (Å²) in [6, 6.07) is 4.53. The molecular formula is C17H26FNO2. The Morgan fingerprint density at radius 3 is 2.52 bits per heavy atom. The van der Waals surface area contributed by atoms with Gasteiger partial charge >= 0.3 is 0 Å². The fourth-order valence-electron chi connectivity index (χ4n) is 3.19. The molecule has 1 aromatic rings. The standard InChI is InChI=1S/C17H26FNO2/c1-3-17(12-20)6-8-19(9-7-17)11-16(21)15-5-4-14(18)10-13(15)2/h4-5,10,16,20-21H,3,6-9,11-12H2,1-2H3. The third-order valence-corrected chi connectivity index (χ3v) is 5.02. The van der Waals surface area contributed by atoms with Crippen LogP contribution in [0, 0.1) is 18.2 Å². The minimum absolute atomic E-state index is 0.0627. The lowest BCUT2D eigenvalue weighted by Gasteiger charge is -2.40. The van der Waals surface area contributed by atoms with Gasteiger partial charge in [-0.05, 0) is 68.0 Å². The number of halogens is 1. The van der Waals surface area contributed by atoms with Crippen molar-refractivity contribution in [2.24, 2.45) is 5.41 Å². The number of aliphatic hydroxyl groups is 2. The zero-order valence-corrected chi connectivity index (χ0v) is 13.0. The van der Waals surface area contributed by atoms with Crippen LogP contribution in [0.1, 0.15) is 43.4 Å². The van der Waals surface area contributed by atoms with Crippen molar-refractivity contribution in [1.82, 2.24) is 4.90 Å². The highest BCUT2D eigenvalue weighted by molar-refractivity contribution is 5.28. The van der Waals surface area contributed by atoms with Crippen molar-refractivity contribution in [3.05, 3.63) is 35.1 Å². The normalized spacial score (nSPS) is 20.4. The van der Waals surface area contributed by atoms with E-state index in [9.17, 15) is 14.6 Å². The second kappa shape index (κ2) is 6.86. The molecule has 1 fully saturated rings. The van der Waals surface area contributed by atoms with Crippen LogP contribution in [-0.4, -0.2) is 41.4 Å². The SMILES string of the molecule is CCC1(CO)CCN(CC(O)c2ccc(F)cc2C)CC1. The lowest BCUT2D eigenvalue weighted by molar-refractivity contribution is 0.0214. The van der Waals surface area contributed by atoms with E-state index in [2.05, 4.69) is 11.8 Å². The molecule has 0 amide bonds. The van der Waals surface area contributed by atoms with Crippen LogP contribution in [0.25, 0.3) is 0 Å². The van der Waals surface area contributed by atoms with E-state index >= 15 is 0 Å². The van der Waals surface area contributed by atoms with Crippen LogP contribution >= 0.6 is 0 Å². The van der Waals surface area contributed by atoms with Gasteiger partial charge in [0.25, 0.3) is 0 Å². The van der Waals surface area contributed by atoms with Crippen molar-refractivity contribution in [3.8, 4) is 0 Å². The first-order valence-corrected chi connectivity index (χ1v) is 7.77. The highest BCUT2D eigenvalue weighted by Crippen LogP contribution is 2.34. The molecule has 1 aliphatic heterocycles. The summed E-state index contributed by atoms with van der Waals surface area (Å²) >= 11 is 0. The van der Waals surface area contributed by atoms with Crippen LogP contribution < -0.4 is 0 Å². The Labute approximate surface area is 126 Å². The van der Waals surface area contributed by atoms with Gasteiger partial charge in [0.05, 0.1) is 6.10 Å². The number of β-amino-alcohol motifs (C(OH)–C–C–N with tert-alkyl or cyclic N) is 1. The molecule has 0 bridgehead atoms. The topological polar surface area (TPSA) is 43.7 Å².